The third-order valence-electron chi connectivity index (χ3n) is 8.62. The summed E-state index contributed by atoms with van der Waals surface area (Å²) >= 11 is -3.51. The standard InChI is InChI=1S/C40H28GeN2/c1-5-15-29(16-6-1)33-23-13-24-34(30-17-7-2-8-18-30)38(33)37-27-26-35-39-36(25-14-28-42-39)41(40(35)43-37,31-19-9-3-10-20-31)32-21-11-4-12-22-32/h1-28H. The number of pyridine rings is 2. The first-order chi connectivity index (χ1) is 21.4. The summed E-state index contributed by atoms with van der Waals surface area (Å²) in [7, 11) is 0. The van der Waals surface area contributed by atoms with E-state index in [1.165, 1.54) is 40.0 Å². The van der Waals surface area contributed by atoms with E-state index in [4.69, 9.17) is 9.97 Å². The van der Waals surface area contributed by atoms with E-state index < -0.39 is 13.3 Å². The first-order valence-electron chi connectivity index (χ1n) is 14.7. The predicted octanol–water partition coefficient (Wildman–Crippen LogP) is 6.84. The summed E-state index contributed by atoms with van der Waals surface area (Å²) in [4.78, 5) is 10.7. The Kier molecular flexibility index (Phi) is 6.35. The first-order valence-corrected chi connectivity index (χ1v) is 18.9. The SMILES string of the molecule is c1ccc(-c2cccc(-c3ccccc3)c2-c2ccc3[c](n2)[Ge]([c]2ccccc2)([c]2ccccc2)[c]2cccnc2-3)cc1. The van der Waals surface area contributed by atoms with E-state index in [1.807, 2.05) is 6.20 Å². The first kappa shape index (κ1) is 25.6. The molecule has 0 amide bonds. The number of fused-ring (bicyclic) bond motifs is 3. The zero-order valence-corrected chi connectivity index (χ0v) is 25.7. The molecule has 0 unspecified atom stereocenters. The Morgan fingerprint density at radius 3 is 1.51 bits per heavy atom. The fraction of sp³-hybridized carbons (Fsp3) is 0. The summed E-state index contributed by atoms with van der Waals surface area (Å²) in [6.07, 6.45) is 1.92. The van der Waals surface area contributed by atoms with E-state index in [-0.39, 0.29) is 0 Å². The molecule has 0 atom stereocenters. The molecular formula is C40H28GeN2. The van der Waals surface area contributed by atoms with E-state index in [9.17, 15) is 0 Å². The van der Waals surface area contributed by atoms with Crippen molar-refractivity contribution >= 4 is 31.0 Å². The van der Waals surface area contributed by atoms with Gasteiger partial charge in [0.25, 0.3) is 0 Å². The van der Waals surface area contributed by atoms with Crippen LogP contribution < -0.4 is 17.7 Å². The molecule has 0 aliphatic carbocycles. The van der Waals surface area contributed by atoms with E-state index in [1.54, 1.807) is 0 Å². The van der Waals surface area contributed by atoms with Gasteiger partial charge in [0.2, 0.25) is 0 Å². The predicted molar refractivity (Wildman–Crippen MR) is 181 cm³/mol. The molecular weight excluding hydrogens is 581 g/mol. The molecule has 1 aliphatic rings. The van der Waals surface area contributed by atoms with Gasteiger partial charge in [0, 0.05) is 0 Å². The van der Waals surface area contributed by atoms with E-state index in [0.29, 0.717) is 0 Å². The molecule has 5 aromatic carbocycles. The number of aromatic nitrogens is 2. The maximum absolute atomic E-state index is 5.76. The summed E-state index contributed by atoms with van der Waals surface area (Å²) in [5.74, 6) is 0. The molecule has 202 valence electrons. The summed E-state index contributed by atoms with van der Waals surface area (Å²) in [6.45, 7) is 0. The normalized spacial score (nSPS) is 12.8. The zero-order valence-electron chi connectivity index (χ0n) is 23.6. The molecule has 0 saturated carbocycles. The van der Waals surface area contributed by atoms with Crippen molar-refractivity contribution in [3.63, 3.8) is 0 Å². The molecule has 43 heavy (non-hydrogen) atoms. The molecule has 3 heteroatoms. The Morgan fingerprint density at radius 1 is 0.419 bits per heavy atom. The molecule has 2 nitrogen and oxygen atoms in total. The second kappa shape index (κ2) is 10.6. The average Bonchev–Trinajstić information content (AvgIpc) is 3.40. The zero-order chi connectivity index (χ0) is 28.6. The number of benzene rings is 5. The molecule has 7 aromatic rings. The quantitative estimate of drug-likeness (QED) is 0.200. The van der Waals surface area contributed by atoms with Gasteiger partial charge in [-0.15, -0.1) is 0 Å². The van der Waals surface area contributed by atoms with Crippen molar-refractivity contribution in [3.8, 4) is 44.8 Å². The minimum atomic E-state index is -3.51. The second-order valence-electron chi connectivity index (χ2n) is 10.9. The van der Waals surface area contributed by atoms with Gasteiger partial charge in [-0.05, 0) is 0 Å². The molecule has 0 saturated heterocycles. The van der Waals surface area contributed by atoms with Crippen molar-refractivity contribution in [3.05, 3.63) is 170 Å². The van der Waals surface area contributed by atoms with Crippen LogP contribution >= 0.6 is 0 Å². The molecule has 0 bridgehead atoms. The third kappa shape index (κ3) is 4.10. The van der Waals surface area contributed by atoms with E-state index in [0.717, 1.165) is 22.5 Å². The van der Waals surface area contributed by atoms with Gasteiger partial charge < -0.3 is 0 Å². The molecule has 0 radical (unpaired) electrons. The average molecular weight is 609 g/mol. The Labute approximate surface area is 254 Å². The number of nitrogens with zero attached hydrogens (tertiary/aromatic N) is 2. The van der Waals surface area contributed by atoms with Gasteiger partial charge in [-0.1, -0.05) is 0 Å². The van der Waals surface area contributed by atoms with Crippen LogP contribution in [0.1, 0.15) is 0 Å². The Bertz CT molecular complexity index is 1960. The number of hydrogen-bond acceptors (Lipinski definition) is 2. The molecule has 8 rings (SSSR count). The number of hydrogen-bond donors (Lipinski definition) is 0. The van der Waals surface area contributed by atoms with Crippen LogP contribution in [0, 0.1) is 0 Å². The Balaban J connectivity index is 1.47. The molecule has 0 N–H and O–H groups in total. The second-order valence-corrected chi connectivity index (χ2v) is 18.6. The van der Waals surface area contributed by atoms with Gasteiger partial charge in [-0.25, -0.2) is 0 Å². The van der Waals surface area contributed by atoms with Crippen LogP contribution in [0.3, 0.4) is 0 Å². The fourth-order valence-electron chi connectivity index (χ4n) is 6.80. The van der Waals surface area contributed by atoms with Crippen LogP contribution in [-0.2, 0) is 0 Å². The number of rotatable bonds is 5. The minimum absolute atomic E-state index is 0.992. The topological polar surface area (TPSA) is 25.8 Å². The Morgan fingerprint density at radius 2 is 0.953 bits per heavy atom. The molecule has 3 heterocycles. The molecule has 0 spiro atoms. The van der Waals surface area contributed by atoms with Crippen LogP contribution in [0.5, 0.6) is 0 Å². The Hall–Kier alpha value is -5.06. The van der Waals surface area contributed by atoms with Crippen molar-refractivity contribution < 1.29 is 0 Å². The summed E-state index contributed by atoms with van der Waals surface area (Å²) in [5.41, 5.74) is 9.11. The van der Waals surface area contributed by atoms with Crippen molar-refractivity contribution in [1.29, 1.82) is 0 Å². The summed E-state index contributed by atoms with van der Waals surface area (Å²) in [6, 6.07) is 59.0. The maximum atomic E-state index is 5.76. The van der Waals surface area contributed by atoms with E-state index in [2.05, 4.69) is 164 Å². The van der Waals surface area contributed by atoms with Gasteiger partial charge in [0.15, 0.2) is 0 Å². The summed E-state index contributed by atoms with van der Waals surface area (Å²) in [5, 5.41) is 0. The molecule has 1 aliphatic heterocycles. The van der Waals surface area contributed by atoms with Crippen LogP contribution in [-0.4, -0.2) is 23.2 Å². The van der Waals surface area contributed by atoms with Crippen LogP contribution in [0.25, 0.3) is 44.8 Å². The van der Waals surface area contributed by atoms with Gasteiger partial charge in [0.05, 0.1) is 0 Å². The fourth-order valence-corrected chi connectivity index (χ4v) is 17.2. The van der Waals surface area contributed by atoms with Gasteiger partial charge in [0.1, 0.15) is 0 Å². The molecule has 0 fully saturated rings. The third-order valence-corrected chi connectivity index (χ3v) is 18.5. The van der Waals surface area contributed by atoms with E-state index >= 15 is 0 Å². The van der Waals surface area contributed by atoms with Crippen LogP contribution in [0.4, 0.5) is 0 Å². The van der Waals surface area contributed by atoms with Crippen LogP contribution in [0.15, 0.2) is 170 Å². The van der Waals surface area contributed by atoms with Crippen molar-refractivity contribution in [2.75, 3.05) is 0 Å². The van der Waals surface area contributed by atoms with Crippen molar-refractivity contribution in [1.82, 2.24) is 9.97 Å². The van der Waals surface area contributed by atoms with Gasteiger partial charge >= 0.3 is 256 Å². The molecule has 2 aromatic heterocycles. The van der Waals surface area contributed by atoms with Crippen molar-refractivity contribution in [2.24, 2.45) is 0 Å². The summed E-state index contributed by atoms with van der Waals surface area (Å²) < 4.78 is 5.28. The van der Waals surface area contributed by atoms with Gasteiger partial charge in [-0.3, -0.25) is 0 Å². The monoisotopic (exact) mass is 610 g/mol. The van der Waals surface area contributed by atoms with Crippen LogP contribution in [0.2, 0.25) is 0 Å². The van der Waals surface area contributed by atoms with Crippen molar-refractivity contribution in [2.45, 2.75) is 0 Å². The van der Waals surface area contributed by atoms with Gasteiger partial charge in [-0.2, -0.15) is 0 Å².